The Morgan fingerprint density at radius 2 is 1.90 bits per heavy atom. The van der Waals surface area contributed by atoms with E-state index < -0.39 is 44.3 Å². The van der Waals surface area contributed by atoms with E-state index in [1.165, 1.54) is 7.11 Å². The molecule has 0 saturated carbocycles. The van der Waals surface area contributed by atoms with Crippen LogP contribution in [-0.4, -0.2) is 60.2 Å². The number of ether oxygens (including phenoxy) is 3. The Morgan fingerprint density at radius 1 is 1.20 bits per heavy atom. The van der Waals surface area contributed by atoms with E-state index in [1.54, 1.807) is 55.8 Å². The molecule has 0 spiro atoms. The summed E-state index contributed by atoms with van der Waals surface area (Å²) in [7, 11) is -0.0460. The van der Waals surface area contributed by atoms with Gasteiger partial charge in [-0.2, -0.15) is 0 Å². The quantitative estimate of drug-likeness (QED) is 0.155. The van der Waals surface area contributed by atoms with Gasteiger partial charge in [-0.05, 0) is 50.9 Å². The first-order chi connectivity index (χ1) is 18.6. The number of alkyl carbamates (subject to hydrolysis) is 1. The third kappa shape index (κ3) is 10.9. The molecule has 0 saturated heterocycles. The van der Waals surface area contributed by atoms with Crippen molar-refractivity contribution in [1.82, 2.24) is 14.9 Å². The van der Waals surface area contributed by atoms with Gasteiger partial charge in [-0.15, -0.1) is 6.58 Å². The van der Waals surface area contributed by atoms with Crippen molar-refractivity contribution in [3.05, 3.63) is 48.4 Å². The number of imidazole rings is 1. The predicted octanol–water partition coefficient (Wildman–Crippen LogP) is 5.81. The molecule has 0 bridgehead atoms. The minimum atomic E-state index is -1.33. The van der Waals surface area contributed by atoms with Crippen LogP contribution in [0.15, 0.2) is 37.1 Å². The fourth-order valence-electron chi connectivity index (χ4n) is 3.73. The normalized spacial score (nSPS) is 12.4. The van der Waals surface area contributed by atoms with Crippen molar-refractivity contribution in [3.8, 4) is 11.3 Å². The van der Waals surface area contributed by atoms with Gasteiger partial charge in [0.1, 0.15) is 24.2 Å². The second-order valence-electron chi connectivity index (χ2n) is 11.6. The van der Waals surface area contributed by atoms with Gasteiger partial charge in [0.2, 0.25) is 0 Å². The molecule has 0 unspecified atom stereocenters. The third-order valence-corrected chi connectivity index (χ3v) is 7.30. The highest BCUT2D eigenvalue weighted by molar-refractivity contribution is 6.76. The Bertz CT molecular complexity index is 1200. The monoisotopic (exact) mass is 574 g/mol. The standard InChI is InChI=1S/C28H42N4O7Si/c1-9-10-19-15-20(29-26(35)37-5)11-12-21(19)23-17-32(18-38-13-14-40(6,7)8)25(30-23)22(16-24(33)34)31-27(36)39-28(2,3)4/h9,11-12,15,17,22H,1,10,13-14,16,18H2,2-8H3,(H,29,35)(H,31,36)(H,33,34)/t22-/m0/s1. The zero-order valence-electron chi connectivity index (χ0n) is 24.5. The fraction of sp³-hybridized carbons (Fsp3) is 0.500. The Kier molecular flexibility index (Phi) is 11.5. The summed E-state index contributed by atoms with van der Waals surface area (Å²) in [6.07, 6.45) is 2.23. The molecule has 1 aromatic carbocycles. The van der Waals surface area contributed by atoms with Crippen LogP contribution in [0.25, 0.3) is 11.3 Å². The SMILES string of the molecule is C=CCc1cc(NC(=O)OC)ccc1-c1cn(COCC[Si](C)(C)C)c([C@H](CC(=O)O)NC(=O)OC(C)(C)C)n1. The average molecular weight is 575 g/mol. The maximum atomic E-state index is 12.6. The van der Waals surface area contributed by atoms with E-state index in [9.17, 15) is 19.5 Å². The Labute approximate surface area is 236 Å². The second-order valence-corrected chi connectivity index (χ2v) is 17.2. The number of aliphatic carboxylic acids is 1. The number of allylic oxidation sites excluding steroid dienone is 1. The zero-order valence-corrected chi connectivity index (χ0v) is 25.5. The van der Waals surface area contributed by atoms with Crippen LogP contribution in [0, 0.1) is 0 Å². The van der Waals surface area contributed by atoms with Gasteiger partial charge < -0.3 is 29.2 Å². The van der Waals surface area contributed by atoms with Crippen molar-refractivity contribution in [1.29, 1.82) is 0 Å². The minimum absolute atomic E-state index is 0.123. The lowest BCUT2D eigenvalue weighted by Gasteiger charge is -2.23. The predicted molar refractivity (Wildman–Crippen MR) is 156 cm³/mol. The first-order valence-electron chi connectivity index (χ1n) is 13.1. The van der Waals surface area contributed by atoms with Crippen LogP contribution >= 0.6 is 0 Å². The topological polar surface area (TPSA) is 141 Å². The summed E-state index contributed by atoms with van der Waals surface area (Å²) in [5, 5.41) is 14.9. The molecule has 2 rings (SSSR count). The van der Waals surface area contributed by atoms with E-state index in [0.29, 0.717) is 30.2 Å². The molecule has 3 N–H and O–H groups in total. The highest BCUT2D eigenvalue weighted by Crippen LogP contribution is 2.29. The lowest BCUT2D eigenvalue weighted by atomic mass is 10.0. The molecule has 1 aromatic heterocycles. The van der Waals surface area contributed by atoms with E-state index in [1.807, 2.05) is 0 Å². The molecule has 1 atom stereocenters. The van der Waals surface area contributed by atoms with Gasteiger partial charge in [-0.3, -0.25) is 10.1 Å². The van der Waals surface area contributed by atoms with Gasteiger partial charge in [-0.1, -0.05) is 31.8 Å². The van der Waals surface area contributed by atoms with Crippen LogP contribution in [0.4, 0.5) is 15.3 Å². The van der Waals surface area contributed by atoms with Crippen LogP contribution in [0.2, 0.25) is 25.7 Å². The number of benzene rings is 1. The number of hydrogen-bond acceptors (Lipinski definition) is 7. The molecule has 0 fully saturated rings. The first-order valence-corrected chi connectivity index (χ1v) is 16.8. The summed E-state index contributed by atoms with van der Waals surface area (Å²) in [6, 6.07) is 5.29. The van der Waals surface area contributed by atoms with E-state index in [2.05, 4.69) is 41.6 Å². The Hall–Kier alpha value is -3.64. The van der Waals surface area contributed by atoms with Gasteiger partial charge in [0.05, 0.1) is 19.2 Å². The number of carbonyl (C=O) groups is 3. The van der Waals surface area contributed by atoms with Crippen LogP contribution in [-0.2, 0) is 32.2 Å². The molecule has 40 heavy (non-hydrogen) atoms. The summed E-state index contributed by atoms with van der Waals surface area (Å²) >= 11 is 0. The number of rotatable bonds is 13. The van der Waals surface area contributed by atoms with Gasteiger partial charge in [0, 0.05) is 32.1 Å². The van der Waals surface area contributed by atoms with E-state index >= 15 is 0 Å². The van der Waals surface area contributed by atoms with E-state index in [0.717, 1.165) is 17.2 Å². The summed E-state index contributed by atoms with van der Waals surface area (Å²) in [4.78, 5) is 40.9. The molecule has 1 heterocycles. The maximum Gasteiger partial charge on any atom is 0.411 e. The van der Waals surface area contributed by atoms with Gasteiger partial charge in [-0.25, -0.2) is 14.6 Å². The summed E-state index contributed by atoms with van der Waals surface area (Å²) in [6.45, 7) is 16.4. The van der Waals surface area contributed by atoms with Crippen molar-refractivity contribution >= 4 is 31.9 Å². The molecule has 220 valence electrons. The van der Waals surface area contributed by atoms with E-state index in [4.69, 9.17) is 14.5 Å². The van der Waals surface area contributed by atoms with Crippen molar-refractivity contribution < 1.29 is 33.7 Å². The largest absolute Gasteiger partial charge is 0.481 e. The summed E-state index contributed by atoms with van der Waals surface area (Å²) in [5.41, 5.74) is 1.90. The zero-order chi connectivity index (χ0) is 30.1. The van der Waals surface area contributed by atoms with Crippen LogP contribution in [0.1, 0.15) is 44.6 Å². The number of nitrogens with one attached hydrogen (secondary N) is 2. The number of amides is 2. The molecule has 2 aromatic rings. The van der Waals surface area contributed by atoms with Crippen LogP contribution in [0.3, 0.4) is 0 Å². The highest BCUT2D eigenvalue weighted by Gasteiger charge is 2.27. The van der Waals surface area contributed by atoms with Crippen LogP contribution < -0.4 is 10.6 Å². The number of aromatic nitrogens is 2. The molecule has 11 nitrogen and oxygen atoms in total. The van der Waals surface area contributed by atoms with Crippen molar-refractivity contribution in [3.63, 3.8) is 0 Å². The number of carbonyl (C=O) groups excluding carboxylic acids is 2. The minimum Gasteiger partial charge on any atom is -0.481 e. The van der Waals surface area contributed by atoms with Crippen LogP contribution in [0.5, 0.6) is 0 Å². The number of carboxylic acids is 1. The van der Waals surface area contributed by atoms with Crippen molar-refractivity contribution in [2.45, 2.75) is 77.7 Å². The van der Waals surface area contributed by atoms with Crippen molar-refractivity contribution in [2.24, 2.45) is 0 Å². The summed E-state index contributed by atoms with van der Waals surface area (Å²) in [5.74, 6) is -0.792. The van der Waals surface area contributed by atoms with E-state index in [-0.39, 0.29) is 6.73 Å². The van der Waals surface area contributed by atoms with Gasteiger partial charge in [0.25, 0.3) is 0 Å². The van der Waals surface area contributed by atoms with Crippen molar-refractivity contribution in [2.75, 3.05) is 19.0 Å². The number of carboxylic acid groups (broad SMARTS) is 1. The maximum absolute atomic E-state index is 12.6. The molecule has 2 amide bonds. The molecular formula is C28H42N4O7Si. The summed E-state index contributed by atoms with van der Waals surface area (Å²) < 4.78 is 17.7. The second kappa shape index (κ2) is 14.1. The van der Waals surface area contributed by atoms with Gasteiger partial charge >= 0.3 is 18.2 Å². The molecule has 0 aliphatic heterocycles. The highest BCUT2D eigenvalue weighted by atomic mass is 28.3. The fourth-order valence-corrected chi connectivity index (χ4v) is 4.49. The third-order valence-electron chi connectivity index (χ3n) is 5.59. The average Bonchev–Trinajstić information content (AvgIpc) is 3.23. The number of anilines is 1. The molecule has 0 radical (unpaired) electrons. The Balaban J connectivity index is 2.53. The molecule has 12 heteroatoms. The number of hydrogen-bond donors (Lipinski definition) is 3. The lowest BCUT2D eigenvalue weighted by molar-refractivity contribution is -0.137. The number of methoxy groups -OCH3 is 1. The first kappa shape index (κ1) is 32.6. The Morgan fingerprint density at radius 3 is 2.48 bits per heavy atom. The lowest BCUT2D eigenvalue weighted by Crippen LogP contribution is -2.37. The smallest absolute Gasteiger partial charge is 0.411 e. The molecule has 0 aliphatic carbocycles. The number of nitrogens with zero attached hydrogens (tertiary/aromatic N) is 2. The molecular weight excluding hydrogens is 532 g/mol. The molecule has 0 aliphatic rings. The van der Waals surface area contributed by atoms with Gasteiger partial charge in [0.15, 0.2) is 0 Å².